The molecule has 0 bridgehead atoms. The van der Waals surface area contributed by atoms with E-state index >= 15 is 0 Å². The topological polar surface area (TPSA) is 152 Å². The molecule has 3 heterocycles. The van der Waals surface area contributed by atoms with Crippen molar-refractivity contribution in [2.75, 3.05) is 18.0 Å². The summed E-state index contributed by atoms with van der Waals surface area (Å²) in [5.74, 6) is -0.985. The fourth-order valence-electron chi connectivity index (χ4n) is 2.95. The maximum absolute atomic E-state index is 12.8. The predicted molar refractivity (Wildman–Crippen MR) is 92.9 cm³/mol. The largest absolute Gasteiger partial charge is 0.446 e. The highest BCUT2D eigenvalue weighted by Gasteiger charge is 2.36. The molecule has 0 saturated carbocycles. The summed E-state index contributed by atoms with van der Waals surface area (Å²) in [5.41, 5.74) is 3.16. The lowest BCUT2D eigenvalue weighted by Gasteiger charge is -2.31. The number of halogens is 3. The summed E-state index contributed by atoms with van der Waals surface area (Å²) in [5, 5.41) is 15.0. The molecule has 1 aliphatic heterocycles. The number of amides is 1. The number of anilines is 1. The number of carbonyl (C=O) groups is 1. The van der Waals surface area contributed by atoms with Gasteiger partial charge in [-0.3, -0.25) is 10.1 Å². The van der Waals surface area contributed by atoms with Gasteiger partial charge in [0.05, 0.1) is 4.92 Å². The molecule has 2 aromatic heterocycles. The molecule has 2 N–H and O–H groups in total. The molecule has 15 heteroatoms. The predicted octanol–water partition coefficient (Wildman–Crippen LogP) is 1.99. The van der Waals surface area contributed by atoms with E-state index in [-0.39, 0.29) is 24.8 Å². The van der Waals surface area contributed by atoms with Crippen LogP contribution in [0.3, 0.4) is 0 Å². The number of hydrogen-bond acceptors (Lipinski definition) is 9. The Labute approximate surface area is 166 Å². The van der Waals surface area contributed by atoms with Crippen LogP contribution in [0.1, 0.15) is 18.5 Å². The number of aromatic nitrogens is 4. The summed E-state index contributed by atoms with van der Waals surface area (Å²) in [6, 6.07) is 0.609. The van der Waals surface area contributed by atoms with E-state index in [9.17, 15) is 28.1 Å². The first-order chi connectivity index (χ1) is 14.1. The van der Waals surface area contributed by atoms with Gasteiger partial charge in [-0.1, -0.05) is 0 Å². The van der Waals surface area contributed by atoms with Gasteiger partial charge in [0, 0.05) is 39.0 Å². The van der Waals surface area contributed by atoms with Crippen LogP contribution in [0, 0.1) is 10.1 Å². The van der Waals surface area contributed by atoms with Crippen LogP contribution in [0.15, 0.2) is 12.4 Å². The number of nitro groups is 1. The van der Waals surface area contributed by atoms with Crippen molar-refractivity contribution >= 4 is 17.6 Å². The first-order valence-corrected chi connectivity index (χ1v) is 8.55. The summed E-state index contributed by atoms with van der Waals surface area (Å²) in [6.07, 6.45) is -4.32. The Balaban J connectivity index is 1.87. The second-order valence-electron chi connectivity index (χ2n) is 6.32. The van der Waals surface area contributed by atoms with Crippen molar-refractivity contribution in [3.05, 3.63) is 28.2 Å². The second-order valence-corrected chi connectivity index (χ2v) is 6.32. The molecular formula is C15H16F3N7O5. The third-order valence-corrected chi connectivity index (χ3v) is 4.30. The van der Waals surface area contributed by atoms with E-state index in [1.54, 1.807) is 4.90 Å². The van der Waals surface area contributed by atoms with Crippen LogP contribution in [0.5, 0.6) is 11.8 Å². The molecule has 2 aromatic rings. The van der Waals surface area contributed by atoms with Crippen LogP contribution in [0.4, 0.5) is 29.5 Å². The van der Waals surface area contributed by atoms with E-state index in [1.807, 2.05) is 0 Å². The van der Waals surface area contributed by atoms with Crippen molar-refractivity contribution in [1.29, 1.82) is 0 Å². The Morgan fingerprint density at radius 2 is 2.00 bits per heavy atom. The lowest BCUT2D eigenvalue weighted by molar-refractivity contribution is -0.385. The SMILES string of the molecule is Cn1nc(C(F)(F)F)cc1Oc1ncnc(N2CCC(OC(N)=O)CC2)c1[N+](=O)[O-]. The number of carbonyl (C=O) groups excluding carboxylic acids is 1. The van der Waals surface area contributed by atoms with Gasteiger partial charge in [0.15, 0.2) is 5.69 Å². The summed E-state index contributed by atoms with van der Waals surface area (Å²) in [4.78, 5) is 31.0. The fourth-order valence-corrected chi connectivity index (χ4v) is 2.95. The molecule has 0 aliphatic carbocycles. The Bertz CT molecular complexity index is 957. The van der Waals surface area contributed by atoms with Gasteiger partial charge in [0.25, 0.3) is 0 Å². The number of rotatable bonds is 5. The first kappa shape index (κ1) is 21.1. The summed E-state index contributed by atoms with van der Waals surface area (Å²) >= 11 is 0. The third kappa shape index (κ3) is 4.49. The average molecular weight is 431 g/mol. The highest BCUT2D eigenvalue weighted by molar-refractivity contribution is 5.65. The standard InChI is InChI=1S/C15H16F3N7O5/c1-23-10(6-9(22-23)15(16,17)18)30-13-11(25(27)28)12(20-7-21-13)24-4-2-8(3-5-24)29-14(19)26/h6-8H,2-5H2,1H3,(H2,19,26). The zero-order chi connectivity index (χ0) is 22.1. The molecule has 0 spiro atoms. The first-order valence-electron chi connectivity index (χ1n) is 8.55. The second kappa shape index (κ2) is 8.00. The lowest BCUT2D eigenvalue weighted by atomic mass is 10.1. The Hall–Kier alpha value is -3.65. The Morgan fingerprint density at radius 1 is 1.33 bits per heavy atom. The van der Waals surface area contributed by atoms with Crippen molar-refractivity contribution in [2.45, 2.75) is 25.1 Å². The number of ether oxygens (including phenoxy) is 2. The van der Waals surface area contributed by atoms with Gasteiger partial charge in [-0.05, 0) is 0 Å². The molecule has 3 rings (SSSR count). The van der Waals surface area contributed by atoms with Gasteiger partial charge in [0.1, 0.15) is 12.4 Å². The number of nitrogens with two attached hydrogens (primary N) is 1. The molecule has 162 valence electrons. The minimum absolute atomic E-state index is 0.0688. The van der Waals surface area contributed by atoms with Gasteiger partial charge in [-0.25, -0.2) is 14.5 Å². The molecule has 0 atom stereocenters. The fraction of sp³-hybridized carbons (Fsp3) is 0.467. The van der Waals surface area contributed by atoms with Crippen molar-refractivity contribution in [1.82, 2.24) is 19.7 Å². The number of primary amides is 1. The normalized spacial score (nSPS) is 15.1. The third-order valence-electron chi connectivity index (χ3n) is 4.30. The number of alkyl halides is 3. The van der Waals surface area contributed by atoms with Crippen LogP contribution in [0.2, 0.25) is 0 Å². The number of hydrogen-bond donors (Lipinski definition) is 1. The van der Waals surface area contributed by atoms with Crippen LogP contribution in [-0.2, 0) is 18.0 Å². The highest BCUT2D eigenvalue weighted by Crippen LogP contribution is 2.38. The summed E-state index contributed by atoms with van der Waals surface area (Å²) in [6.45, 7) is 0.526. The zero-order valence-electron chi connectivity index (χ0n) is 15.5. The molecule has 1 aliphatic rings. The van der Waals surface area contributed by atoms with E-state index in [2.05, 4.69) is 15.1 Å². The maximum atomic E-state index is 12.8. The lowest BCUT2D eigenvalue weighted by Crippen LogP contribution is -2.39. The molecule has 1 fully saturated rings. The number of piperidine rings is 1. The molecule has 0 radical (unpaired) electrons. The average Bonchev–Trinajstić information content (AvgIpc) is 3.02. The summed E-state index contributed by atoms with van der Waals surface area (Å²) < 4.78 is 49.5. The van der Waals surface area contributed by atoms with Crippen molar-refractivity contribution in [3.8, 4) is 11.8 Å². The van der Waals surface area contributed by atoms with Crippen LogP contribution in [-0.4, -0.2) is 50.0 Å². The molecule has 0 aromatic carbocycles. The van der Waals surface area contributed by atoms with Crippen LogP contribution < -0.4 is 15.4 Å². The van der Waals surface area contributed by atoms with Crippen molar-refractivity contribution in [2.24, 2.45) is 12.8 Å². The van der Waals surface area contributed by atoms with Gasteiger partial charge in [0.2, 0.25) is 11.7 Å². The molecule has 0 unspecified atom stereocenters. The summed E-state index contributed by atoms with van der Waals surface area (Å²) in [7, 11) is 1.20. The molecule has 1 saturated heterocycles. The Kier molecular flexibility index (Phi) is 5.62. The Morgan fingerprint density at radius 3 is 2.53 bits per heavy atom. The molecule has 30 heavy (non-hydrogen) atoms. The van der Waals surface area contributed by atoms with Gasteiger partial charge >= 0.3 is 23.8 Å². The quantitative estimate of drug-likeness (QED) is 0.553. The zero-order valence-corrected chi connectivity index (χ0v) is 15.5. The van der Waals surface area contributed by atoms with E-state index in [0.717, 1.165) is 11.0 Å². The van der Waals surface area contributed by atoms with Gasteiger partial charge < -0.3 is 20.1 Å². The van der Waals surface area contributed by atoms with Crippen molar-refractivity contribution in [3.63, 3.8) is 0 Å². The number of nitrogens with zero attached hydrogens (tertiary/aromatic N) is 6. The van der Waals surface area contributed by atoms with Gasteiger partial charge in [-0.15, -0.1) is 0 Å². The van der Waals surface area contributed by atoms with E-state index in [1.165, 1.54) is 7.05 Å². The van der Waals surface area contributed by atoms with E-state index in [0.29, 0.717) is 18.9 Å². The molecular weight excluding hydrogens is 415 g/mol. The van der Waals surface area contributed by atoms with E-state index in [4.69, 9.17) is 15.2 Å². The minimum Gasteiger partial charge on any atom is -0.446 e. The van der Waals surface area contributed by atoms with Crippen LogP contribution >= 0.6 is 0 Å². The van der Waals surface area contributed by atoms with Gasteiger partial charge in [-0.2, -0.15) is 23.3 Å². The smallest absolute Gasteiger partial charge is 0.435 e. The van der Waals surface area contributed by atoms with E-state index < -0.39 is 40.6 Å². The maximum Gasteiger partial charge on any atom is 0.435 e. The molecule has 12 nitrogen and oxygen atoms in total. The van der Waals surface area contributed by atoms with Crippen LogP contribution in [0.25, 0.3) is 0 Å². The monoisotopic (exact) mass is 431 g/mol. The highest BCUT2D eigenvalue weighted by atomic mass is 19.4. The minimum atomic E-state index is -4.71. The van der Waals surface area contributed by atoms with Crippen molar-refractivity contribution < 1.29 is 32.4 Å². The molecule has 1 amide bonds. The number of aryl methyl sites for hydroxylation is 1.